The fourth-order valence-corrected chi connectivity index (χ4v) is 1.90. The summed E-state index contributed by atoms with van der Waals surface area (Å²) in [6, 6.07) is 9.65. The Morgan fingerprint density at radius 1 is 1.24 bits per heavy atom. The van der Waals surface area contributed by atoms with E-state index in [1.54, 1.807) is 17.1 Å². The van der Waals surface area contributed by atoms with Crippen molar-refractivity contribution in [3.8, 4) is 0 Å². The molecule has 0 spiro atoms. The normalized spacial score (nSPS) is 10.9. The second kappa shape index (κ2) is 8.95. The van der Waals surface area contributed by atoms with E-state index in [-0.39, 0.29) is 18.3 Å². The third-order valence-electron chi connectivity index (χ3n) is 2.93. The number of nitrogens with zero attached hydrogens (tertiary/aromatic N) is 1. The maximum Gasteiger partial charge on any atom is 0.307 e. The number of hydrogen-bond acceptors (Lipinski definition) is 3. The predicted octanol–water partition coefficient (Wildman–Crippen LogP) is 2.75. The largest absolute Gasteiger partial charge is 0.469 e. The highest BCUT2D eigenvalue weighted by Crippen LogP contribution is 2.05. The van der Waals surface area contributed by atoms with Gasteiger partial charge in [-0.25, -0.2) is 0 Å². The minimum absolute atomic E-state index is 0.0866. The summed E-state index contributed by atoms with van der Waals surface area (Å²) < 4.78 is 4.62. The highest BCUT2D eigenvalue weighted by molar-refractivity contribution is 5.92. The number of rotatable bonds is 7. The zero-order valence-corrected chi connectivity index (χ0v) is 12.9. The molecule has 0 aromatic heterocycles. The molecule has 1 rings (SSSR count). The Bertz CT molecular complexity index is 480. The highest BCUT2D eigenvalue weighted by Gasteiger charge is 2.14. The zero-order chi connectivity index (χ0) is 15.7. The van der Waals surface area contributed by atoms with Crippen molar-refractivity contribution in [3.63, 3.8) is 0 Å². The summed E-state index contributed by atoms with van der Waals surface area (Å²) in [6.07, 6.45) is 3.55. The fraction of sp³-hybridized carbons (Fsp3) is 0.412. The highest BCUT2D eigenvalue weighted by atomic mass is 16.5. The van der Waals surface area contributed by atoms with E-state index >= 15 is 0 Å². The van der Waals surface area contributed by atoms with Gasteiger partial charge in [-0.2, -0.15) is 0 Å². The van der Waals surface area contributed by atoms with Gasteiger partial charge in [-0.15, -0.1) is 0 Å². The first-order chi connectivity index (χ1) is 10.0. The molecule has 1 amide bonds. The number of carbonyl (C=O) groups excluding carboxylic acids is 2. The van der Waals surface area contributed by atoms with Crippen molar-refractivity contribution in [2.24, 2.45) is 5.92 Å². The van der Waals surface area contributed by atoms with Gasteiger partial charge in [0.15, 0.2) is 0 Å². The predicted molar refractivity (Wildman–Crippen MR) is 83.5 cm³/mol. The maximum absolute atomic E-state index is 12.2. The molecule has 1 aromatic rings. The van der Waals surface area contributed by atoms with Gasteiger partial charge in [0.05, 0.1) is 13.5 Å². The SMILES string of the molecule is COC(=O)CCN(CC(C)C)C(=O)C=Cc1ccccc1. The van der Waals surface area contributed by atoms with E-state index < -0.39 is 0 Å². The Balaban J connectivity index is 2.66. The average molecular weight is 289 g/mol. The molecule has 4 nitrogen and oxygen atoms in total. The van der Waals surface area contributed by atoms with Crippen molar-refractivity contribution in [1.82, 2.24) is 4.90 Å². The lowest BCUT2D eigenvalue weighted by Crippen LogP contribution is -2.34. The quantitative estimate of drug-likeness (QED) is 0.573. The number of esters is 1. The van der Waals surface area contributed by atoms with E-state index in [1.165, 1.54) is 7.11 Å². The molecule has 0 saturated heterocycles. The number of methoxy groups -OCH3 is 1. The van der Waals surface area contributed by atoms with Crippen LogP contribution in [0.4, 0.5) is 0 Å². The summed E-state index contributed by atoms with van der Waals surface area (Å²) in [7, 11) is 1.35. The molecule has 0 bridgehead atoms. The molecule has 0 aliphatic carbocycles. The Morgan fingerprint density at radius 2 is 1.90 bits per heavy atom. The Hall–Kier alpha value is -2.10. The van der Waals surface area contributed by atoms with E-state index in [0.29, 0.717) is 19.0 Å². The van der Waals surface area contributed by atoms with Crippen molar-refractivity contribution >= 4 is 18.0 Å². The molecule has 0 saturated carbocycles. The average Bonchev–Trinajstić information content (AvgIpc) is 2.49. The first-order valence-corrected chi connectivity index (χ1v) is 7.11. The van der Waals surface area contributed by atoms with Crippen LogP contribution in [-0.4, -0.2) is 37.0 Å². The fourth-order valence-electron chi connectivity index (χ4n) is 1.90. The van der Waals surface area contributed by atoms with Gasteiger partial charge >= 0.3 is 5.97 Å². The first-order valence-electron chi connectivity index (χ1n) is 7.11. The second-order valence-electron chi connectivity index (χ2n) is 5.25. The van der Waals surface area contributed by atoms with Crippen molar-refractivity contribution in [2.45, 2.75) is 20.3 Å². The maximum atomic E-state index is 12.2. The summed E-state index contributed by atoms with van der Waals surface area (Å²) in [5, 5.41) is 0. The summed E-state index contributed by atoms with van der Waals surface area (Å²) in [5.41, 5.74) is 0.975. The van der Waals surface area contributed by atoms with Crippen LogP contribution in [0.3, 0.4) is 0 Å². The van der Waals surface area contributed by atoms with E-state index in [9.17, 15) is 9.59 Å². The third kappa shape index (κ3) is 6.75. The number of hydrogen-bond donors (Lipinski definition) is 0. The van der Waals surface area contributed by atoms with Crippen molar-refractivity contribution in [1.29, 1.82) is 0 Å². The molecule has 0 radical (unpaired) electrons. The van der Waals surface area contributed by atoms with E-state index in [1.807, 2.05) is 44.2 Å². The van der Waals surface area contributed by atoms with Crippen LogP contribution in [0.25, 0.3) is 6.08 Å². The van der Waals surface area contributed by atoms with Crippen LogP contribution >= 0.6 is 0 Å². The van der Waals surface area contributed by atoms with Gasteiger partial charge in [-0.05, 0) is 17.6 Å². The summed E-state index contributed by atoms with van der Waals surface area (Å²) >= 11 is 0. The smallest absolute Gasteiger partial charge is 0.307 e. The van der Waals surface area contributed by atoms with E-state index in [0.717, 1.165) is 5.56 Å². The summed E-state index contributed by atoms with van der Waals surface area (Å²) in [5.74, 6) is -0.0447. The standard InChI is InChI=1S/C17H23NO3/c1-14(2)13-18(12-11-17(20)21-3)16(19)10-9-15-7-5-4-6-8-15/h4-10,14H,11-13H2,1-3H3. The Morgan fingerprint density at radius 3 is 2.48 bits per heavy atom. The number of ether oxygens (including phenoxy) is 1. The van der Waals surface area contributed by atoms with Gasteiger partial charge in [0, 0.05) is 19.2 Å². The molecule has 0 fully saturated rings. The van der Waals surface area contributed by atoms with Gasteiger partial charge in [0.1, 0.15) is 0 Å². The number of carbonyl (C=O) groups is 2. The molecule has 4 heteroatoms. The second-order valence-corrected chi connectivity index (χ2v) is 5.25. The molecular weight excluding hydrogens is 266 g/mol. The van der Waals surface area contributed by atoms with Crippen LogP contribution in [0.2, 0.25) is 0 Å². The van der Waals surface area contributed by atoms with E-state index in [2.05, 4.69) is 4.74 Å². The molecule has 0 aliphatic heterocycles. The Kier molecular flexibility index (Phi) is 7.23. The molecule has 114 valence electrons. The molecular formula is C17H23NO3. The van der Waals surface area contributed by atoms with Crippen molar-refractivity contribution in [2.75, 3.05) is 20.2 Å². The van der Waals surface area contributed by atoms with E-state index in [4.69, 9.17) is 0 Å². The Labute approximate surface area is 126 Å². The van der Waals surface area contributed by atoms with Crippen LogP contribution in [0, 0.1) is 5.92 Å². The molecule has 0 heterocycles. The lowest BCUT2D eigenvalue weighted by molar-refractivity contribution is -0.141. The molecule has 21 heavy (non-hydrogen) atoms. The minimum Gasteiger partial charge on any atom is -0.469 e. The summed E-state index contributed by atoms with van der Waals surface area (Å²) in [4.78, 5) is 25.1. The van der Waals surface area contributed by atoms with Crippen molar-refractivity contribution < 1.29 is 14.3 Å². The lowest BCUT2D eigenvalue weighted by atomic mass is 10.2. The molecule has 0 atom stereocenters. The lowest BCUT2D eigenvalue weighted by Gasteiger charge is -2.22. The number of benzene rings is 1. The van der Waals surface area contributed by atoms with Crippen LogP contribution in [-0.2, 0) is 14.3 Å². The van der Waals surface area contributed by atoms with Gasteiger partial charge < -0.3 is 9.64 Å². The van der Waals surface area contributed by atoms with Gasteiger partial charge in [-0.3, -0.25) is 9.59 Å². The zero-order valence-electron chi connectivity index (χ0n) is 12.9. The monoisotopic (exact) mass is 289 g/mol. The van der Waals surface area contributed by atoms with Gasteiger partial charge in [0.25, 0.3) is 0 Å². The first kappa shape index (κ1) is 17.0. The topological polar surface area (TPSA) is 46.6 Å². The molecule has 0 aliphatic rings. The van der Waals surface area contributed by atoms with Crippen LogP contribution in [0.5, 0.6) is 0 Å². The minimum atomic E-state index is -0.302. The molecule has 0 unspecified atom stereocenters. The van der Waals surface area contributed by atoms with Gasteiger partial charge in [0.2, 0.25) is 5.91 Å². The van der Waals surface area contributed by atoms with Gasteiger partial charge in [-0.1, -0.05) is 44.2 Å². The molecule has 0 N–H and O–H groups in total. The third-order valence-corrected chi connectivity index (χ3v) is 2.93. The van der Waals surface area contributed by atoms with Crippen molar-refractivity contribution in [3.05, 3.63) is 42.0 Å². The van der Waals surface area contributed by atoms with Crippen LogP contribution in [0.15, 0.2) is 36.4 Å². The number of amides is 1. The summed E-state index contributed by atoms with van der Waals surface area (Å²) in [6.45, 7) is 5.08. The molecule has 1 aromatic carbocycles. The van der Waals surface area contributed by atoms with Crippen LogP contribution in [0.1, 0.15) is 25.8 Å². The van der Waals surface area contributed by atoms with Crippen LogP contribution < -0.4 is 0 Å².